The molecule has 1 aliphatic carbocycles. The summed E-state index contributed by atoms with van der Waals surface area (Å²) < 4.78 is 28.5. The number of aryl methyl sites for hydroxylation is 2. The Hall–Kier alpha value is -1.98. The number of hydrogen-bond donors (Lipinski definition) is 0. The zero-order valence-electron chi connectivity index (χ0n) is 13.8. The smallest absolute Gasteiger partial charge is 0.248 e. The fourth-order valence-corrected chi connectivity index (χ4v) is 3.19. The molecule has 3 rings (SSSR count). The van der Waals surface area contributed by atoms with Crippen LogP contribution in [0, 0.1) is 13.8 Å². The summed E-state index contributed by atoms with van der Waals surface area (Å²) in [6, 6.07) is 7.87. The van der Waals surface area contributed by atoms with Crippen LogP contribution in [0.4, 0.5) is 14.6 Å². The lowest BCUT2D eigenvalue weighted by Gasteiger charge is -2.35. The number of pyridine rings is 1. The molecule has 2 heterocycles. The second-order valence-electron chi connectivity index (χ2n) is 6.39. The van der Waals surface area contributed by atoms with Gasteiger partial charge in [-0.25, -0.2) is 18.4 Å². The van der Waals surface area contributed by atoms with Gasteiger partial charge in [0.1, 0.15) is 5.82 Å². The van der Waals surface area contributed by atoms with Crippen LogP contribution in [0.5, 0.6) is 0 Å². The Kier molecular flexibility index (Phi) is 4.08. The maximum absolute atomic E-state index is 13.3. The van der Waals surface area contributed by atoms with Crippen LogP contribution in [-0.2, 0) is 0 Å². The SMILES string of the molecule is Cc1cc(C)n(-c2cccc(N(C)C3CCC(F)(F)CC3)n2)n1. The highest BCUT2D eigenvalue weighted by molar-refractivity contribution is 5.43. The quantitative estimate of drug-likeness (QED) is 0.860. The lowest BCUT2D eigenvalue weighted by molar-refractivity contribution is -0.0378. The van der Waals surface area contributed by atoms with E-state index in [9.17, 15) is 8.78 Å². The molecule has 6 heteroatoms. The first-order valence-electron chi connectivity index (χ1n) is 7.97. The van der Waals surface area contributed by atoms with Crippen molar-refractivity contribution in [2.45, 2.75) is 51.5 Å². The molecule has 0 spiro atoms. The Balaban J connectivity index is 1.81. The zero-order chi connectivity index (χ0) is 16.6. The van der Waals surface area contributed by atoms with Gasteiger partial charge in [-0.15, -0.1) is 0 Å². The van der Waals surface area contributed by atoms with Gasteiger partial charge >= 0.3 is 0 Å². The number of rotatable bonds is 3. The predicted molar refractivity (Wildman–Crippen MR) is 86.4 cm³/mol. The van der Waals surface area contributed by atoms with Crippen LogP contribution in [0.15, 0.2) is 24.3 Å². The van der Waals surface area contributed by atoms with Crippen molar-refractivity contribution in [1.29, 1.82) is 0 Å². The van der Waals surface area contributed by atoms with Gasteiger partial charge in [0.15, 0.2) is 5.82 Å². The Morgan fingerprint density at radius 2 is 1.91 bits per heavy atom. The van der Waals surface area contributed by atoms with Gasteiger partial charge in [0.2, 0.25) is 5.92 Å². The van der Waals surface area contributed by atoms with E-state index in [-0.39, 0.29) is 18.9 Å². The standard InChI is InChI=1S/C17H22F2N4/c1-12-11-13(2)23(21-12)16-6-4-5-15(20-16)22(3)14-7-9-17(18,19)10-8-14/h4-6,11,14H,7-10H2,1-3H3. The number of alkyl halides is 2. The third kappa shape index (κ3) is 3.35. The van der Waals surface area contributed by atoms with Gasteiger partial charge < -0.3 is 4.90 Å². The molecule has 0 bridgehead atoms. The van der Waals surface area contributed by atoms with Crippen LogP contribution in [0.3, 0.4) is 0 Å². The van der Waals surface area contributed by atoms with Gasteiger partial charge in [0.05, 0.1) is 5.69 Å². The van der Waals surface area contributed by atoms with Crippen LogP contribution in [0.1, 0.15) is 37.1 Å². The topological polar surface area (TPSA) is 34.0 Å². The number of anilines is 1. The minimum atomic E-state index is -2.50. The van der Waals surface area contributed by atoms with Crippen molar-refractivity contribution in [3.63, 3.8) is 0 Å². The highest BCUT2D eigenvalue weighted by Crippen LogP contribution is 2.35. The minimum Gasteiger partial charge on any atom is -0.357 e. The second-order valence-corrected chi connectivity index (χ2v) is 6.39. The third-order valence-electron chi connectivity index (χ3n) is 4.54. The van der Waals surface area contributed by atoms with E-state index in [1.807, 2.05) is 54.7 Å². The largest absolute Gasteiger partial charge is 0.357 e. The van der Waals surface area contributed by atoms with E-state index in [1.54, 1.807) is 0 Å². The summed E-state index contributed by atoms with van der Waals surface area (Å²) in [5.41, 5.74) is 1.96. The molecular formula is C17H22F2N4. The molecule has 1 aliphatic rings. The molecule has 0 unspecified atom stereocenters. The van der Waals surface area contributed by atoms with E-state index in [0.29, 0.717) is 12.8 Å². The van der Waals surface area contributed by atoms with Crippen molar-refractivity contribution in [3.8, 4) is 5.82 Å². The van der Waals surface area contributed by atoms with E-state index in [4.69, 9.17) is 0 Å². The molecule has 23 heavy (non-hydrogen) atoms. The number of nitrogens with zero attached hydrogens (tertiary/aromatic N) is 4. The van der Waals surface area contributed by atoms with Crippen molar-refractivity contribution in [3.05, 3.63) is 35.7 Å². The molecular weight excluding hydrogens is 298 g/mol. The van der Waals surface area contributed by atoms with E-state index in [0.717, 1.165) is 23.0 Å². The van der Waals surface area contributed by atoms with E-state index in [1.165, 1.54) is 0 Å². The number of aromatic nitrogens is 3. The fraction of sp³-hybridized carbons (Fsp3) is 0.529. The van der Waals surface area contributed by atoms with Crippen LogP contribution >= 0.6 is 0 Å². The highest BCUT2D eigenvalue weighted by atomic mass is 19.3. The van der Waals surface area contributed by atoms with E-state index < -0.39 is 5.92 Å². The highest BCUT2D eigenvalue weighted by Gasteiger charge is 2.36. The summed E-state index contributed by atoms with van der Waals surface area (Å²) in [6.07, 6.45) is 0.906. The summed E-state index contributed by atoms with van der Waals surface area (Å²) in [4.78, 5) is 6.69. The summed E-state index contributed by atoms with van der Waals surface area (Å²) in [6.45, 7) is 3.93. The Morgan fingerprint density at radius 1 is 1.22 bits per heavy atom. The second kappa shape index (κ2) is 5.91. The van der Waals surface area contributed by atoms with Gasteiger partial charge in [0.25, 0.3) is 0 Å². The number of hydrogen-bond acceptors (Lipinski definition) is 3. The third-order valence-corrected chi connectivity index (χ3v) is 4.54. The van der Waals surface area contributed by atoms with Crippen molar-refractivity contribution >= 4 is 5.82 Å². The van der Waals surface area contributed by atoms with Gasteiger partial charge in [-0.2, -0.15) is 5.10 Å². The van der Waals surface area contributed by atoms with Crippen LogP contribution in [0.2, 0.25) is 0 Å². The first-order valence-corrected chi connectivity index (χ1v) is 7.97. The maximum Gasteiger partial charge on any atom is 0.248 e. The molecule has 1 fully saturated rings. The van der Waals surface area contributed by atoms with Crippen LogP contribution < -0.4 is 4.90 Å². The van der Waals surface area contributed by atoms with Crippen molar-refractivity contribution in [2.24, 2.45) is 0 Å². The van der Waals surface area contributed by atoms with Gasteiger partial charge in [-0.05, 0) is 44.9 Å². The van der Waals surface area contributed by atoms with Gasteiger partial charge in [-0.3, -0.25) is 0 Å². The molecule has 0 saturated heterocycles. The van der Waals surface area contributed by atoms with Crippen molar-refractivity contribution < 1.29 is 8.78 Å². The summed E-state index contributed by atoms with van der Waals surface area (Å²) in [7, 11) is 1.93. The summed E-state index contributed by atoms with van der Waals surface area (Å²) >= 11 is 0. The van der Waals surface area contributed by atoms with Crippen molar-refractivity contribution in [2.75, 3.05) is 11.9 Å². The van der Waals surface area contributed by atoms with Crippen LogP contribution in [0.25, 0.3) is 5.82 Å². The molecule has 0 aromatic carbocycles. The Labute approximate surface area is 135 Å². The molecule has 0 N–H and O–H groups in total. The lowest BCUT2D eigenvalue weighted by atomic mass is 9.91. The van der Waals surface area contributed by atoms with Crippen LogP contribution in [-0.4, -0.2) is 33.8 Å². The van der Waals surface area contributed by atoms with Gasteiger partial charge in [0, 0.05) is 31.6 Å². The average molecular weight is 320 g/mol. The zero-order valence-corrected chi connectivity index (χ0v) is 13.8. The minimum absolute atomic E-state index is 0.0425. The number of halogens is 2. The molecule has 1 saturated carbocycles. The molecule has 0 atom stereocenters. The predicted octanol–water partition coefficient (Wildman–Crippen LogP) is 3.90. The molecule has 4 nitrogen and oxygen atoms in total. The van der Waals surface area contributed by atoms with E-state index >= 15 is 0 Å². The average Bonchev–Trinajstić information content (AvgIpc) is 2.85. The molecule has 2 aromatic rings. The van der Waals surface area contributed by atoms with Crippen molar-refractivity contribution in [1.82, 2.24) is 14.8 Å². The Morgan fingerprint density at radius 3 is 2.52 bits per heavy atom. The monoisotopic (exact) mass is 320 g/mol. The normalized spacial score (nSPS) is 18.1. The molecule has 0 aliphatic heterocycles. The first kappa shape index (κ1) is 15.9. The molecule has 124 valence electrons. The first-order chi connectivity index (χ1) is 10.9. The summed E-state index contributed by atoms with van der Waals surface area (Å²) in [5.74, 6) is -0.956. The maximum atomic E-state index is 13.3. The van der Waals surface area contributed by atoms with Gasteiger partial charge in [-0.1, -0.05) is 6.07 Å². The molecule has 0 amide bonds. The lowest BCUT2D eigenvalue weighted by Crippen LogP contribution is -2.39. The fourth-order valence-electron chi connectivity index (χ4n) is 3.19. The molecule has 2 aromatic heterocycles. The van der Waals surface area contributed by atoms with E-state index in [2.05, 4.69) is 10.1 Å². The summed E-state index contributed by atoms with van der Waals surface area (Å²) in [5, 5.41) is 4.45. The molecule has 0 radical (unpaired) electrons. The Bertz CT molecular complexity index is 686.